The zero-order valence-electron chi connectivity index (χ0n) is 19.1. The topological polar surface area (TPSA) is 128 Å². The number of nitriles is 1. The summed E-state index contributed by atoms with van der Waals surface area (Å²) in [7, 11) is 0. The normalized spacial score (nSPS) is 20.5. The van der Waals surface area contributed by atoms with Crippen LogP contribution in [-0.4, -0.2) is 41.5 Å². The van der Waals surface area contributed by atoms with Crippen molar-refractivity contribution in [1.29, 1.82) is 5.26 Å². The van der Waals surface area contributed by atoms with E-state index in [4.69, 9.17) is 4.98 Å². The Bertz CT molecular complexity index is 1530. The third kappa shape index (κ3) is 3.54. The molecule has 1 aromatic carbocycles. The largest absolute Gasteiger partial charge is 0.479 e. The number of carbonyl (C=O) groups is 1. The van der Waals surface area contributed by atoms with Crippen molar-refractivity contribution in [2.75, 3.05) is 0 Å². The van der Waals surface area contributed by atoms with E-state index in [1.165, 1.54) is 6.07 Å². The van der Waals surface area contributed by atoms with E-state index in [-0.39, 0.29) is 25.2 Å². The molecule has 1 saturated carbocycles. The van der Waals surface area contributed by atoms with Gasteiger partial charge in [-0.15, -0.1) is 0 Å². The van der Waals surface area contributed by atoms with E-state index in [2.05, 4.69) is 16.3 Å². The number of aromatic amines is 1. The van der Waals surface area contributed by atoms with Gasteiger partial charge in [-0.1, -0.05) is 13.8 Å². The highest BCUT2D eigenvalue weighted by atomic mass is 19.2. The van der Waals surface area contributed by atoms with Crippen LogP contribution in [0.2, 0.25) is 0 Å². The molecule has 5 rings (SSSR count). The standard InChI is InChI=1S/C25H23F2N5O3/c1-24(2,7-8-28)21-19(13-5-6-25(35,11-13)23(33)34)20-18(9-14-12-29-31-22(14)30-20)32(21)15-3-4-16(26)17(27)10-15/h3-4,9-10,12-13,35H,5-7,11H2,1-2H3,(H,33,34)(H,29,30,31)/t13-,25+/m1/s1. The molecule has 1 aliphatic carbocycles. The molecule has 0 saturated heterocycles. The second kappa shape index (κ2) is 7.85. The van der Waals surface area contributed by atoms with Gasteiger partial charge in [0.1, 0.15) is 0 Å². The summed E-state index contributed by atoms with van der Waals surface area (Å²) < 4.78 is 30.0. The fourth-order valence-corrected chi connectivity index (χ4v) is 5.28. The molecule has 10 heteroatoms. The first-order valence-corrected chi connectivity index (χ1v) is 11.2. The molecule has 1 fully saturated rings. The number of halogens is 2. The number of benzene rings is 1. The lowest BCUT2D eigenvalue weighted by molar-refractivity contribution is -0.157. The molecule has 1 aliphatic rings. The predicted octanol–water partition coefficient (Wildman–Crippen LogP) is 4.45. The third-order valence-corrected chi connectivity index (χ3v) is 7.00. The van der Waals surface area contributed by atoms with E-state index in [1.54, 1.807) is 10.8 Å². The van der Waals surface area contributed by atoms with Crippen LogP contribution >= 0.6 is 0 Å². The summed E-state index contributed by atoms with van der Waals surface area (Å²) in [6.07, 6.45) is 2.13. The number of pyridine rings is 1. The number of aliphatic hydroxyl groups is 1. The quantitative estimate of drug-likeness (QED) is 0.388. The molecule has 3 heterocycles. The van der Waals surface area contributed by atoms with Crippen LogP contribution in [0.5, 0.6) is 0 Å². The Morgan fingerprint density at radius 1 is 1.34 bits per heavy atom. The highest BCUT2D eigenvalue weighted by molar-refractivity contribution is 5.94. The molecule has 2 atom stereocenters. The van der Waals surface area contributed by atoms with Gasteiger partial charge in [0.15, 0.2) is 22.9 Å². The Morgan fingerprint density at radius 3 is 2.77 bits per heavy atom. The molecule has 0 bridgehead atoms. The van der Waals surface area contributed by atoms with Crippen molar-refractivity contribution in [1.82, 2.24) is 19.7 Å². The summed E-state index contributed by atoms with van der Waals surface area (Å²) in [5.41, 5.74) is 0.668. The number of carboxylic acids is 1. The Labute approximate surface area is 198 Å². The summed E-state index contributed by atoms with van der Waals surface area (Å²) in [5.74, 6) is -3.67. The number of carboxylic acid groups (broad SMARTS) is 1. The van der Waals surface area contributed by atoms with Crippen molar-refractivity contribution in [3.05, 3.63) is 53.4 Å². The first kappa shape index (κ1) is 22.9. The lowest BCUT2D eigenvalue weighted by atomic mass is 9.80. The average Bonchev–Trinajstić information content (AvgIpc) is 3.50. The third-order valence-electron chi connectivity index (χ3n) is 7.00. The van der Waals surface area contributed by atoms with Crippen LogP contribution in [-0.2, 0) is 10.2 Å². The van der Waals surface area contributed by atoms with Gasteiger partial charge in [0.2, 0.25) is 0 Å². The molecule has 0 aliphatic heterocycles. The van der Waals surface area contributed by atoms with Gasteiger partial charge in [-0.05, 0) is 43.4 Å². The van der Waals surface area contributed by atoms with E-state index in [1.807, 2.05) is 19.9 Å². The molecule has 0 unspecified atom stereocenters. The van der Waals surface area contributed by atoms with Crippen molar-refractivity contribution in [3.63, 3.8) is 0 Å². The summed E-state index contributed by atoms with van der Waals surface area (Å²) in [5, 5.41) is 37.5. The minimum Gasteiger partial charge on any atom is -0.479 e. The molecular formula is C25H23F2N5O3. The fraction of sp³-hybridized carbons (Fsp3) is 0.360. The summed E-state index contributed by atoms with van der Waals surface area (Å²) in [6.45, 7) is 3.74. The van der Waals surface area contributed by atoms with Crippen molar-refractivity contribution in [3.8, 4) is 11.8 Å². The van der Waals surface area contributed by atoms with Gasteiger partial charge in [-0.25, -0.2) is 18.6 Å². The monoisotopic (exact) mass is 479 g/mol. The minimum atomic E-state index is -1.88. The highest BCUT2D eigenvalue weighted by Crippen LogP contribution is 2.49. The van der Waals surface area contributed by atoms with E-state index in [0.717, 1.165) is 12.1 Å². The first-order chi connectivity index (χ1) is 16.6. The van der Waals surface area contributed by atoms with Crippen LogP contribution in [0.3, 0.4) is 0 Å². The second-order valence-corrected chi connectivity index (χ2v) is 9.86. The Balaban J connectivity index is 1.89. The highest BCUT2D eigenvalue weighted by Gasteiger charge is 2.47. The van der Waals surface area contributed by atoms with Crippen molar-refractivity contribution >= 4 is 28.0 Å². The van der Waals surface area contributed by atoms with Gasteiger partial charge in [0.25, 0.3) is 0 Å². The number of rotatable bonds is 5. The summed E-state index contributed by atoms with van der Waals surface area (Å²) in [4.78, 5) is 16.6. The maximum atomic E-state index is 14.4. The van der Waals surface area contributed by atoms with Gasteiger partial charge in [0.05, 0.1) is 23.3 Å². The molecule has 3 N–H and O–H groups in total. The number of nitrogens with one attached hydrogen (secondary N) is 1. The van der Waals surface area contributed by atoms with Gasteiger partial charge < -0.3 is 14.8 Å². The lowest BCUT2D eigenvalue weighted by Crippen LogP contribution is -2.35. The summed E-state index contributed by atoms with van der Waals surface area (Å²) >= 11 is 0. The zero-order chi connectivity index (χ0) is 25.1. The van der Waals surface area contributed by atoms with Gasteiger partial charge in [-0.2, -0.15) is 10.4 Å². The van der Waals surface area contributed by atoms with Gasteiger partial charge >= 0.3 is 5.97 Å². The van der Waals surface area contributed by atoms with E-state index < -0.39 is 28.6 Å². The SMILES string of the molecule is CC(C)(CC#N)c1c([C@@H]2CC[C@@](O)(C(=O)O)C2)c2nc3[nH]ncc3cc2n1-c1ccc(F)c(F)c1. The smallest absolute Gasteiger partial charge is 0.335 e. The van der Waals surface area contributed by atoms with E-state index in [0.29, 0.717) is 45.4 Å². The molecule has 0 spiro atoms. The maximum Gasteiger partial charge on any atom is 0.335 e. The van der Waals surface area contributed by atoms with Crippen LogP contribution in [0.1, 0.15) is 56.7 Å². The number of hydrogen-bond acceptors (Lipinski definition) is 5. The summed E-state index contributed by atoms with van der Waals surface area (Å²) in [6, 6.07) is 7.62. The fourth-order valence-electron chi connectivity index (χ4n) is 5.28. The van der Waals surface area contributed by atoms with Crippen LogP contribution in [0, 0.1) is 23.0 Å². The van der Waals surface area contributed by atoms with Crippen LogP contribution in [0.25, 0.3) is 27.8 Å². The number of aliphatic carboxylic acids is 1. The molecule has 180 valence electrons. The lowest BCUT2D eigenvalue weighted by Gasteiger charge is -2.28. The molecule has 3 aromatic heterocycles. The van der Waals surface area contributed by atoms with Crippen molar-refractivity contribution in [2.45, 2.75) is 56.5 Å². The number of nitrogens with zero attached hydrogens (tertiary/aromatic N) is 4. The first-order valence-electron chi connectivity index (χ1n) is 11.2. The predicted molar refractivity (Wildman–Crippen MR) is 123 cm³/mol. The average molecular weight is 479 g/mol. The zero-order valence-corrected chi connectivity index (χ0v) is 19.1. The van der Waals surface area contributed by atoms with Crippen LogP contribution < -0.4 is 0 Å². The second-order valence-electron chi connectivity index (χ2n) is 9.86. The molecule has 0 radical (unpaired) electrons. The minimum absolute atomic E-state index is 0.0302. The number of fused-ring (bicyclic) bond motifs is 2. The molecule has 0 amide bonds. The Hall–Kier alpha value is -3.84. The molecule has 8 nitrogen and oxygen atoms in total. The number of hydrogen-bond donors (Lipinski definition) is 3. The molecule has 35 heavy (non-hydrogen) atoms. The Kier molecular flexibility index (Phi) is 5.14. The van der Waals surface area contributed by atoms with Crippen LogP contribution in [0.4, 0.5) is 8.78 Å². The Morgan fingerprint density at radius 2 is 2.11 bits per heavy atom. The van der Waals surface area contributed by atoms with Crippen molar-refractivity contribution < 1.29 is 23.8 Å². The number of H-pyrrole nitrogens is 1. The number of aromatic nitrogens is 4. The molecule has 4 aromatic rings. The van der Waals surface area contributed by atoms with Crippen LogP contribution in [0.15, 0.2) is 30.5 Å². The molecular weight excluding hydrogens is 456 g/mol. The van der Waals surface area contributed by atoms with Gasteiger partial charge in [-0.3, -0.25) is 5.10 Å². The van der Waals surface area contributed by atoms with E-state index >= 15 is 0 Å². The maximum absolute atomic E-state index is 14.4. The van der Waals surface area contributed by atoms with E-state index in [9.17, 15) is 29.1 Å². The van der Waals surface area contributed by atoms with Crippen molar-refractivity contribution in [2.24, 2.45) is 0 Å². The van der Waals surface area contributed by atoms with Gasteiger partial charge in [0, 0.05) is 40.2 Å².